The third kappa shape index (κ3) is 5.22. The van der Waals surface area contributed by atoms with Gasteiger partial charge in [-0.1, -0.05) is 35.9 Å². The van der Waals surface area contributed by atoms with E-state index >= 15 is 0 Å². The van der Waals surface area contributed by atoms with Crippen LogP contribution >= 0.6 is 33.2 Å². The average Bonchev–Trinajstić information content (AvgIpc) is 2.39. The number of phenols is 1. The smallest absolute Gasteiger partial charge is 0.341 e. The lowest BCUT2D eigenvalue weighted by atomic mass is 9.96. The van der Waals surface area contributed by atoms with E-state index in [1.165, 1.54) is 5.56 Å². The summed E-state index contributed by atoms with van der Waals surface area (Å²) in [6.07, 6.45) is 1.60. The van der Waals surface area contributed by atoms with E-state index in [0.717, 1.165) is 29.5 Å². The van der Waals surface area contributed by atoms with Crippen LogP contribution in [-0.2, 0) is 6.42 Å². The quantitative estimate of drug-likeness (QED) is 0.516. The number of halogens is 3. The zero-order valence-corrected chi connectivity index (χ0v) is 15.0. The van der Waals surface area contributed by atoms with Crippen LogP contribution < -0.4 is 0 Å². The van der Waals surface area contributed by atoms with Gasteiger partial charge in [-0.2, -0.15) is 0 Å². The molecule has 1 N–H and O–H groups in total. The van der Waals surface area contributed by atoms with Crippen molar-refractivity contribution in [2.75, 3.05) is 0 Å². The van der Waals surface area contributed by atoms with Crippen LogP contribution in [0.15, 0.2) is 42.5 Å². The van der Waals surface area contributed by atoms with Gasteiger partial charge in [-0.3, -0.25) is 0 Å². The topological polar surface area (TPSA) is 20.2 Å². The van der Waals surface area contributed by atoms with Gasteiger partial charge >= 0.3 is 6.00 Å². The van der Waals surface area contributed by atoms with E-state index in [9.17, 15) is 5.11 Å². The number of hydrogen-bond acceptors (Lipinski definition) is 1. The maximum atomic E-state index is 9.72. The predicted octanol–water partition coefficient (Wildman–Crippen LogP) is 5.96. The molecule has 112 valence electrons. The van der Waals surface area contributed by atoms with Crippen molar-refractivity contribution >= 4 is 39.2 Å². The summed E-state index contributed by atoms with van der Waals surface area (Å²) in [7, 11) is 0. The Kier molecular flexibility index (Phi) is 5.61. The standard InChI is InChI=1S/C16H17Cl3OSi/c1-12-4-6-13(7-5-12)16-9-8-15(20)11-14(16)3-2-10-21(17,18)19/h4-9,11,20H,2-3,10H2,1H3. The van der Waals surface area contributed by atoms with Crippen molar-refractivity contribution in [3.8, 4) is 16.9 Å². The van der Waals surface area contributed by atoms with E-state index in [1.807, 2.05) is 6.07 Å². The Labute approximate surface area is 140 Å². The molecule has 2 rings (SSSR count). The van der Waals surface area contributed by atoms with Crippen LogP contribution in [0.2, 0.25) is 6.04 Å². The number of hydrogen-bond donors (Lipinski definition) is 1. The number of phenolic OH excluding ortho intramolecular Hbond substituents is 1. The van der Waals surface area contributed by atoms with Gasteiger partial charge in [0.2, 0.25) is 0 Å². The normalized spacial score (nSPS) is 11.6. The lowest BCUT2D eigenvalue weighted by Gasteiger charge is -2.12. The molecule has 0 amide bonds. The van der Waals surface area contributed by atoms with E-state index in [2.05, 4.69) is 31.2 Å². The lowest BCUT2D eigenvalue weighted by molar-refractivity contribution is 0.474. The van der Waals surface area contributed by atoms with Gasteiger partial charge in [0.1, 0.15) is 5.75 Å². The predicted molar refractivity (Wildman–Crippen MR) is 94.7 cm³/mol. The van der Waals surface area contributed by atoms with Crippen molar-refractivity contribution in [1.82, 2.24) is 0 Å². The van der Waals surface area contributed by atoms with Gasteiger partial charge in [0, 0.05) is 0 Å². The third-order valence-corrected chi connectivity index (χ3v) is 5.98. The number of rotatable bonds is 5. The third-order valence-electron chi connectivity index (χ3n) is 3.36. The molecule has 21 heavy (non-hydrogen) atoms. The van der Waals surface area contributed by atoms with Crippen molar-refractivity contribution in [2.24, 2.45) is 0 Å². The molecule has 0 aromatic heterocycles. The maximum absolute atomic E-state index is 9.72. The highest BCUT2D eigenvalue weighted by molar-refractivity contribution is 7.64. The zero-order chi connectivity index (χ0) is 15.5. The molecule has 0 heterocycles. The van der Waals surface area contributed by atoms with Crippen LogP contribution in [0.4, 0.5) is 0 Å². The molecule has 0 atom stereocenters. The Bertz CT molecular complexity index is 606. The monoisotopic (exact) mass is 358 g/mol. The maximum Gasteiger partial charge on any atom is 0.341 e. The first-order valence-electron chi connectivity index (χ1n) is 6.81. The fourth-order valence-corrected chi connectivity index (χ4v) is 4.06. The van der Waals surface area contributed by atoms with Crippen molar-refractivity contribution in [3.05, 3.63) is 53.6 Å². The molecule has 5 heteroatoms. The van der Waals surface area contributed by atoms with Gasteiger partial charge in [-0.15, -0.1) is 33.2 Å². The summed E-state index contributed by atoms with van der Waals surface area (Å²) in [5, 5.41) is 9.72. The fourth-order valence-electron chi connectivity index (χ4n) is 2.28. The summed E-state index contributed by atoms with van der Waals surface area (Å²) in [5.74, 6) is 0.270. The van der Waals surface area contributed by atoms with Crippen molar-refractivity contribution in [1.29, 1.82) is 0 Å². The van der Waals surface area contributed by atoms with Gasteiger partial charge in [0.25, 0.3) is 0 Å². The van der Waals surface area contributed by atoms with Crippen molar-refractivity contribution < 1.29 is 5.11 Å². The van der Waals surface area contributed by atoms with E-state index in [-0.39, 0.29) is 5.75 Å². The highest BCUT2D eigenvalue weighted by Gasteiger charge is 2.24. The summed E-state index contributed by atoms with van der Waals surface area (Å²) in [6.45, 7) is 2.06. The second-order valence-electron chi connectivity index (χ2n) is 5.18. The zero-order valence-electron chi connectivity index (χ0n) is 11.7. The largest absolute Gasteiger partial charge is 0.508 e. The SMILES string of the molecule is Cc1ccc(-c2ccc(O)cc2CCC[Si](Cl)(Cl)Cl)cc1. The minimum Gasteiger partial charge on any atom is -0.508 e. The molecule has 0 radical (unpaired) electrons. The molecule has 0 saturated heterocycles. The van der Waals surface area contributed by atoms with E-state index in [0.29, 0.717) is 6.04 Å². The average molecular weight is 360 g/mol. The summed E-state index contributed by atoms with van der Waals surface area (Å²) < 4.78 is 0. The molecular weight excluding hydrogens is 343 g/mol. The first-order valence-corrected chi connectivity index (χ1v) is 12.0. The molecule has 0 aliphatic heterocycles. The lowest BCUT2D eigenvalue weighted by Crippen LogP contribution is -2.08. The van der Waals surface area contributed by atoms with Gasteiger partial charge in [-0.05, 0) is 54.6 Å². The summed E-state index contributed by atoms with van der Waals surface area (Å²) in [4.78, 5) is 0. The van der Waals surface area contributed by atoms with Crippen LogP contribution in [-0.4, -0.2) is 11.1 Å². The Morgan fingerprint density at radius 3 is 2.29 bits per heavy atom. The molecular formula is C16H17Cl3OSi. The van der Waals surface area contributed by atoms with E-state index in [1.54, 1.807) is 12.1 Å². The Balaban J connectivity index is 2.23. The number of aryl methyl sites for hydroxylation is 2. The summed E-state index contributed by atoms with van der Waals surface area (Å²) >= 11 is 17.8. The minimum atomic E-state index is -2.57. The number of aromatic hydroxyl groups is 1. The highest BCUT2D eigenvalue weighted by Crippen LogP contribution is 2.31. The van der Waals surface area contributed by atoms with Crippen molar-refractivity contribution in [2.45, 2.75) is 25.8 Å². The van der Waals surface area contributed by atoms with Gasteiger partial charge < -0.3 is 5.11 Å². The molecule has 0 aliphatic rings. The second-order valence-corrected chi connectivity index (χ2v) is 14.5. The van der Waals surface area contributed by atoms with Crippen LogP contribution in [0.25, 0.3) is 11.1 Å². The Morgan fingerprint density at radius 2 is 1.67 bits per heavy atom. The molecule has 1 nitrogen and oxygen atoms in total. The minimum absolute atomic E-state index is 0.270. The Hall–Kier alpha value is -0.673. The molecule has 0 saturated carbocycles. The van der Waals surface area contributed by atoms with Crippen LogP contribution in [0.5, 0.6) is 5.75 Å². The first kappa shape index (κ1) is 16.7. The van der Waals surface area contributed by atoms with Crippen LogP contribution in [0.1, 0.15) is 17.5 Å². The summed E-state index contributed by atoms with van der Waals surface area (Å²) in [5.41, 5.74) is 4.57. The summed E-state index contributed by atoms with van der Waals surface area (Å²) in [6, 6.07) is 11.9. The molecule has 2 aromatic carbocycles. The second kappa shape index (κ2) is 7.06. The molecule has 0 unspecified atom stereocenters. The fraction of sp³-hybridized carbons (Fsp3) is 0.250. The van der Waals surface area contributed by atoms with Crippen molar-refractivity contribution in [3.63, 3.8) is 0 Å². The van der Waals surface area contributed by atoms with Gasteiger partial charge in [-0.25, -0.2) is 0 Å². The van der Waals surface area contributed by atoms with E-state index in [4.69, 9.17) is 33.2 Å². The molecule has 0 bridgehead atoms. The van der Waals surface area contributed by atoms with Crippen LogP contribution in [0.3, 0.4) is 0 Å². The van der Waals surface area contributed by atoms with E-state index < -0.39 is 6.00 Å². The molecule has 0 aliphatic carbocycles. The van der Waals surface area contributed by atoms with Gasteiger partial charge in [0.15, 0.2) is 0 Å². The molecule has 0 fully saturated rings. The first-order chi connectivity index (χ1) is 9.85. The number of benzene rings is 2. The molecule has 0 spiro atoms. The Morgan fingerprint density at radius 1 is 1.00 bits per heavy atom. The van der Waals surface area contributed by atoms with Crippen LogP contribution in [0, 0.1) is 6.92 Å². The van der Waals surface area contributed by atoms with Gasteiger partial charge in [0.05, 0.1) is 0 Å². The molecule has 2 aromatic rings. The highest BCUT2D eigenvalue weighted by atomic mass is 35.8.